The van der Waals surface area contributed by atoms with Crippen LogP contribution in [-0.4, -0.2) is 29.3 Å². The van der Waals surface area contributed by atoms with Crippen LogP contribution in [0.25, 0.3) is 0 Å². The summed E-state index contributed by atoms with van der Waals surface area (Å²) in [6, 6.07) is 3.07. The molecule has 0 aliphatic heterocycles. The minimum atomic E-state index is -0.994. The molecule has 1 rings (SSSR count). The third-order valence-corrected chi connectivity index (χ3v) is 2.10. The molecule has 1 aromatic carbocycles. The van der Waals surface area contributed by atoms with Crippen molar-refractivity contribution < 1.29 is 19.4 Å². The van der Waals surface area contributed by atoms with Crippen LogP contribution < -0.4 is 5.32 Å². The van der Waals surface area contributed by atoms with Crippen molar-refractivity contribution in [2.75, 3.05) is 7.05 Å². The van der Waals surface area contributed by atoms with E-state index in [1.54, 1.807) is 0 Å². The van der Waals surface area contributed by atoms with Crippen LogP contribution >= 0.6 is 0 Å². The van der Waals surface area contributed by atoms with E-state index in [1.165, 1.54) is 19.2 Å². The van der Waals surface area contributed by atoms with Gasteiger partial charge >= 0.3 is 5.97 Å². The molecule has 3 N–H and O–H groups in total. The molecule has 0 saturated carbocycles. The molecule has 0 heterocycles. The summed E-state index contributed by atoms with van der Waals surface area (Å²) in [5, 5.41) is 20.3. The van der Waals surface area contributed by atoms with E-state index in [4.69, 9.17) is 10.2 Å². The van der Waals surface area contributed by atoms with Gasteiger partial charge in [0, 0.05) is 0 Å². The van der Waals surface area contributed by atoms with Crippen LogP contribution in [0.3, 0.4) is 0 Å². The zero-order valence-electron chi connectivity index (χ0n) is 8.20. The van der Waals surface area contributed by atoms with Crippen LogP contribution in [0.15, 0.2) is 18.2 Å². The van der Waals surface area contributed by atoms with Crippen LogP contribution in [-0.2, 0) is 11.2 Å². The van der Waals surface area contributed by atoms with Gasteiger partial charge in [-0.1, -0.05) is 6.07 Å². The lowest BCUT2D eigenvalue weighted by molar-refractivity contribution is -0.139. The third-order valence-electron chi connectivity index (χ3n) is 2.10. The van der Waals surface area contributed by atoms with Gasteiger partial charge in [-0.3, -0.25) is 4.79 Å². The fourth-order valence-electron chi connectivity index (χ4n) is 1.23. The molecule has 0 bridgehead atoms. The number of likely N-dealkylation sites (N-methyl/N-ethyl adjacent to an activating group) is 1. The first kappa shape index (κ1) is 11.5. The molecular formula is C10H12FNO3. The van der Waals surface area contributed by atoms with Gasteiger partial charge in [0.15, 0.2) is 11.6 Å². The maximum Gasteiger partial charge on any atom is 0.321 e. The van der Waals surface area contributed by atoms with E-state index in [0.717, 1.165) is 6.07 Å². The molecule has 0 fully saturated rings. The van der Waals surface area contributed by atoms with E-state index in [0.29, 0.717) is 5.56 Å². The van der Waals surface area contributed by atoms with Gasteiger partial charge in [0.1, 0.15) is 6.04 Å². The van der Waals surface area contributed by atoms with Crippen molar-refractivity contribution in [3.05, 3.63) is 29.6 Å². The Kier molecular flexibility index (Phi) is 3.62. The molecule has 1 aromatic rings. The van der Waals surface area contributed by atoms with E-state index in [9.17, 15) is 9.18 Å². The lowest BCUT2D eigenvalue weighted by Gasteiger charge is -2.11. The van der Waals surface area contributed by atoms with Gasteiger partial charge in [0.25, 0.3) is 0 Å². The maximum absolute atomic E-state index is 12.9. The molecule has 0 spiro atoms. The SMILES string of the molecule is CN[C@@H](Cc1ccc(O)c(F)c1)C(=O)O. The summed E-state index contributed by atoms with van der Waals surface area (Å²) >= 11 is 0. The maximum atomic E-state index is 12.9. The van der Waals surface area contributed by atoms with E-state index < -0.39 is 23.6 Å². The van der Waals surface area contributed by atoms with Crippen LogP contribution in [0.5, 0.6) is 5.75 Å². The van der Waals surface area contributed by atoms with Crippen molar-refractivity contribution in [2.45, 2.75) is 12.5 Å². The number of phenolic OH excluding ortho intramolecular Hbond substituents is 1. The number of phenols is 1. The molecule has 0 aliphatic rings. The first-order chi connectivity index (χ1) is 7.04. The molecule has 0 aromatic heterocycles. The predicted molar refractivity (Wildman–Crippen MR) is 52.3 cm³/mol. The Hall–Kier alpha value is -1.62. The van der Waals surface area contributed by atoms with Crippen molar-refractivity contribution in [3.8, 4) is 5.75 Å². The molecular weight excluding hydrogens is 201 g/mol. The molecule has 0 saturated heterocycles. The zero-order chi connectivity index (χ0) is 11.4. The predicted octanol–water partition coefficient (Wildman–Crippen LogP) is 0.746. The van der Waals surface area contributed by atoms with Crippen molar-refractivity contribution in [1.29, 1.82) is 0 Å². The summed E-state index contributed by atoms with van der Waals surface area (Å²) < 4.78 is 12.9. The number of rotatable bonds is 4. The Labute approximate surface area is 86.4 Å². The highest BCUT2D eigenvalue weighted by atomic mass is 19.1. The molecule has 1 atom stereocenters. The van der Waals surface area contributed by atoms with Gasteiger partial charge in [0.05, 0.1) is 0 Å². The third kappa shape index (κ3) is 2.92. The van der Waals surface area contributed by atoms with Crippen molar-refractivity contribution in [2.24, 2.45) is 0 Å². The number of carbonyl (C=O) groups is 1. The highest BCUT2D eigenvalue weighted by Crippen LogP contribution is 2.17. The second-order valence-electron chi connectivity index (χ2n) is 3.17. The number of halogens is 1. The number of aliphatic carboxylic acids is 1. The summed E-state index contributed by atoms with van der Waals surface area (Å²) in [7, 11) is 1.52. The van der Waals surface area contributed by atoms with Gasteiger partial charge in [-0.2, -0.15) is 0 Å². The molecule has 4 nitrogen and oxygen atoms in total. The van der Waals surface area contributed by atoms with Crippen LogP contribution in [0.2, 0.25) is 0 Å². The average Bonchev–Trinajstić information content (AvgIpc) is 2.19. The molecule has 0 amide bonds. The quantitative estimate of drug-likeness (QED) is 0.690. The minimum Gasteiger partial charge on any atom is -0.505 e. The average molecular weight is 213 g/mol. The van der Waals surface area contributed by atoms with Gasteiger partial charge in [-0.05, 0) is 31.2 Å². The number of hydrogen-bond donors (Lipinski definition) is 3. The largest absolute Gasteiger partial charge is 0.505 e. The Morgan fingerprint density at radius 2 is 2.27 bits per heavy atom. The van der Waals surface area contributed by atoms with Gasteiger partial charge in [0.2, 0.25) is 0 Å². The number of carboxylic acid groups (broad SMARTS) is 1. The van der Waals surface area contributed by atoms with E-state index in [2.05, 4.69) is 5.32 Å². The second-order valence-corrected chi connectivity index (χ2v) is 3.17. The van der Waals surface area contributed by atoms with E-state index in [1.807, 2.05) is 0 Å². The monoisotopic (exact) mass is 213 g/mol. The highest BCUT2D eigenvalue weighted by Gasteiger charge is 2.15. The smallest absolute Gasteiger partial charge is 0.321 e. The van der Waals surface area contributed by atoms with E-state index in [-0.39, 0.29) is 6.42 Å². The standard InChI is InChI=1S/C10H12FNO3/c1-12-8(10(14)15)5-6-2-3-9(13)7(11)4-6/h2-4,8,12-13H,5H2,1H3,(H,14,15)/t8-/m0/s1. The normalized spacial score (nSPS) is 12.4. The lowest BCUT2D eigenvalue weighted by Crippen LogP contribution is -2.35. The first-order valence-corrected chi connectivity index (χ1v) is 4.42. The highest BCUT2D eigenvalue weighted by molar-refractivity contribution is 5.73. The van der Waals surface area contributed by atoms with Crippen molar-refractivity contribution in [3.63, 3.8) is 0 Å². The van der Waals surface area contributed by atoms with Gasteiger partial charge in [-0.15, -0.1) is 0 Å². The summed E-state index contributed by atoms with van der Waals surface area (Å²) in [4.78, 5) is 10.7. The topological polar surface area (TPSA) is 69.6 Å². The number of hydrogen-bond acceptors (Lipinski definition) is 3. The number of benzene rings is 1. The second kappa shape index (κ2) is 4.75. The lowest BCUT2D eigenvalue weighted by atomic mass is 10.1. The van der Waals surface area contributed by atoms with Gasteiger partial charge in [-0.25, -0.2) is 4.39 Å². The Balaban J connectivity index is 2.80. The molecule has 15 heavy (non-hydrogen) atoms. The molecule has 0 radical (unpaired) electrons. The van der Waals surface area contributed by atoms with E-state index >= 15 is 0 Å². The molecule has 0 unspecified atom stereocenters. The summed E-state index contributed by atoms with van der Waals surface area (Å²) in [5.74, 6) is -2.17. The van der Waals surface area contributed by atoms with Gasteiger partial charge < -0.3 is 15.5 Å². The summed E-state index contributed by atoms with van der Waals surface area (Å²) in [5.41, 5.74) is 0.520. The minimum absolute atomic E-state index is 0.170. The fourth-order valence-corrected chi connectivity index (χ4v) is 1.23. The number of aromatic hydroxyl groups is 1. The van der Waals surface area contributed by atoms with Crippen LogP contribution in [0.1, 0.15) is 5.56 Å². The van der Waals surface area contributed by atoms with Crippen LogP contribution in [0.4, 0.5) is 4.39 Å². The Morgan fingerprint density at radius 3 is 2.73 bits per heavy atom. The molecule has 5 heteroatoms. The number of nitrogens with one attached hydrogen (secondary N) is 1. The summed E-state index contributed by atoms with van der Waals surface area (Å²) in [6.07, 6.45) is 0.170. The number of carboxylic acids is 1. The molecule has 82 valence electrons. The van der Waals surface area contributed by atoms with Crippen molar-refractivity contribution in [1.82, 2.24) is 5.32 Å². The Morgan fingerprint density at radius 1 is 1.60 bits per heavy atom. The van der Waals surface area contributed by atoms with Crippen LogP contribution in [0, 0.1) is 5.82 Å². The fraction of sp³-hybridized carbons (Fsp3) is 0.300. The Bertz CT molecular complexity index is 368. The summed E-state index contributed by atoms with van der Waals surface area (Å²) in [6.45, 7) is 0. The first-order valence-electron chi connectivity index (χ1n) is 4.42. The zero-order valence-corrected chi connectivity index (χ0v) is 8.20. The van der Waals surface area contributed by atoms with Crippen molar-refractivity contribution >= 4 is 5.97 Å². The molecule has 0 aliphatic carbocycles.